The number of carbonyl (C=O) groups is 1. The molecular formula is C19H34IN5O2. The van der Waals surface area contributed by atoms with E-state index < -0.39 is 0 Å². The molecule has 1 fully saturated rings. The third-order valence-corrected chi connectivity index (χ3v) is 4.56. The summed E-state index contributed by atoms with van der Waals surface area (Å²) >= 11 is 0. The van der Waals surface area contributed by atoms with E-state index in [0.717, 1.165) is 25.3 Å². The lowest BCUT2D eigenvalue weighted by atomic mass is 9.94. The van der Waals surface area contributed by atoms with E-state index in [9.17, 15) is 4.79 Å². The fourth-order valence-corrected chi connectivity index (χ4v) is 2.98. The lowest BCUT2D eigenvalue weighted by Crippen LogP contribution is -2.42. The van der Waals surface area contributed by atoms with E-state index in [1.165, 1.54) is 6.42 Å². The van der Waals surface area contributed by atoms with Crippen molar-refractivity contribution in [2.45, 2.75) is 58.9 Å². The molecule has 0 bridgehead atoms. The average Bonchev–Trinajstić information content (AvgIpc) is 3.07. The summed E-state index contributed by atoms with van der Waals surface area (Å²) in [6.45, 7) is 11.2. The highest BCUT2D eigenvalue weighted by Gasteiger charge is 2.21. The molecule has 0 radical (unpaired) electrons. The number of guanidine groups is 1. The summed E-state index contributed by atoms with van der Waals surface area (Å²) in [6, 6.07) is 0. The van der Waals surface area contributed by atoms with Gasteiger partial charge in [0.15, 0.2) is 5.96 Å². The number of halogens is 1. The minimum Gasteiger partial charge on any atom is -0.443 e. The Morgan fingerprint density at radius 2 is 2.15 bits per heavy atom. The minimum absolute atomic E-state index is 0. The van der Waals surface area contributed by atoms with Crippen LogP contribution in [0.1, 0.15) is 58.6 Å². The molecular weight excluding hydrogens is 457 g/mol. The van der Waals surface area contributed by atoms with Crippen LogP contribution >= 0.6 is 24.0 Å². The Kier molecular flexibility index (Phi) is 9.55. The molecule has 1 atom stereocenters. The molecule has 1 amide bonds. The standard InChI is InChI=1S/C19H33N5O2.HI/c1-14-7-6-10-24(13-14)17(25)8-9-21-18(20-5)23-12-16-22-11-15(26-16)19(2,3)4;/h11,14H,6-10,12-13H2,1-5H3,(H2,20,21,23);1H. The summed E-state index contributed by atoms with van der Waals surface area (Å²) in [4.78, 5) is 22.7. The van der Waals surface area contributed by atoms with Gasteiger partial charge < -0.3 is 20.0 Å². The molecule has 2 heterocycles. The number of rotatable bonds is 5. The fraction of sp³-hybridized carbons (Fsp3) is 0.737. The molecule has 1 unspecified atom stereocenters. The van der Waals surface area contributed by atoms with Crippen molar-refractivity contribution in [3.8, 4) is 0 Å². The molecule has 2 N–H and O–H groups in total. The predicted octanol–water partition coefficient (Wildman–Crippen LogP) is 2.90. The van der Waals surface area contributed by atoms with Crippen LogP contribution in [0.5, 0.6) is 0 Å². The second-order valence-corrected chi connectivity index (χ2v) is 8.06. The lowest BCUT2D eigenvalue weighted by molar-refractivity contribution is -0.132. The second kappa shape index (κ2) is 10.9. The third kappa shape index (κ3) is 7.67. The zero-order chi connectivity index (χ0) is 19.2. The Labute approximate surface area is 179 Å². The van der Waals surface area contributed by atoms with Crippen molar-refractivity contribution in [2.75, 3.05) is 26.7 Å². The van der Waals surface area contributed by atoms with Crippen LogP contribution < -0.4 is 10.6 Å². The highest BCUT2D eigenvalue weighted by Crippen LogP contribution is 2.22. The number of aliphatic imine (C=N–C) groups is 1. The molecule has 0 saturated carbocycles. The number of nitrogens with zero attached hydrogens (tertiary/aromatic N) is 3. The number of carbonyl (C=O) groups excluding carboxylic acids is 1. The second-order valence-electron chi connectivity index (χ2n) is 8.06. The molecule has 0 aromatic carbocycles. The van der Waals surface area contributed by atoms with E-state index in [4.69, 9.17) is 4.42 Å². The van der Waals surface area contributed by atoms with Gasteiger partial charge in [0.25, 0.3) is 0 Å². The maximum absolute atomic E-state index is 12.3. The van der Waals surface area contributed by atoms with E-state index in [2.05, 4.69) is 48.3 Å². The molecule has 0 spiro atoms. The molecule has 2 rings (SSSR count). The van der Waals surface area contributed by atoms with Gasteiger partial charge in [-0.1, -0.05) is 27.7 Å². The topological polar surface area (TPSA) is 82.8 Å². The van der Waals surface area contributed by atoms with Gasteiger partial charge in [-0.25, -0.2) is 4.98 Å². The third-order valence-electron chi connectivity index (χ3n) is 4.56. The van der Waals surface area contributed by atoms with Crippen LogP contribution in [0.25, 0.3) is 0 Å². The number of amides is 1. The van der Waals surface area contributed by atoms with Gasteiger partial charge in [-0.05, 0) is 18.8 Å². The van der Waals surface area contributed by atoms with Crippen LogP contribution in [-0.2, 0) is 16.8 Å². The first-order valence-corrected chi connectivity index (χ1v) is 9.47. The molecule has 1 aliphatic heterocycles. The van der Waals surface area contributed by atoms with E-state index in [1.54, 1.807) is 13.2 Å². The number of hydrogen-bond acceptors (Lipinski definition) is 4. The van der Waals surface area contributed by atoms with Crippen LogP contribution in [0.3, 0.4) is 0 Å². The van der Waals surface area contributed by atoms with Crippen molar-refractivity contribution < 1.29 is 9.21 Å². The molecule has 154 valence electrons. The van der Waals surface area contributed by atoms with Crippen molar-refractivity contribution >= 4 is 35.8 Å². The zero-order valence-electron chi connectivity index (χ0n) is 17.2. The van der Waals surface area contributed by atoms with Crippen LogP contribution in [0.15, 0.2) is 15.6 Å². The van der Waals surface area contributed by atoms with Crippen molar-refractivity contribution in [3.05, 3.63) is 17.8 Å². The van der Waals surface area contributed by atoms with Gasteiger partial charge in [0.05, 0.1) is 12.7 Å². The highest BCUT2D eigenvalue weighted by molar-refractivity contribution is 14.0. The first-order chi connectivity index (χ1) is 12.3. The largest absolute Gasteiger partial charge is 0.443 e. The zero-order valence-corrected chi connectivity index (χ0v) is 19.5. The quantitative estimate of drug-likeness (QED) is 0.376. The summed E-state index contributed by atoms with van der Waals surface area (Å²) in [6.07, 6.45) is 4.57. The van der Waals surface area contributed by atoms with Gasteiger partial charge in [-0.2, -0.15) is 0 Å². The van der Waals surface area contributed by atoms with E-state index in [0.29, 0.717) is 37.3 Å². The maximum atomic E-state index is 12.3. The van der Waals surface area contributed by atoms with Gasteiger partial charge in [0.2, 0.25) is 11.8 Å². The summed E-state index contributed by atoms with van der Waals surface area (Å²) in [5.41, 5.74) is -0.0580. The summed E-state index contributed by atoms with van der Waals surface area (Å²) < 4.78 is 5.76. The van der Waals surface area contributed by atoms with Gasteiger partial charge in [-0.15, -0.1) is 24.0 Å². The number of likely N-dealkylation sites (tertiary alicyclic amines) is 1. The van der Waals surface area contributed by atoms with E-state index in [-0.39, 0.29) is 35.3 Å². The Balaban J connectivity index is 0.00000364. The molecule has 1 aromatic heterocycles. The van der Waals surface area contributed by atoms with Crippen LogP contribution in [0.2, 0.25) is 0 Å². The highest BCUT2D eigenvalue weighted by atomic mass is 127. The van der Waals surface area contributed by atoms with Gasteiger partial charge >= 0.3 is 0 Å². The molecule has 8 heteroatoms. The average molecular weight is 491 g/mol. The Bertz CT molecular complexity index is 624. The van der Waals surface area contributed by atoms with Crippen LogP contribution in [0, 0.1) is 5.92 Å². The normalized spacial score (nSPS) is 18.0. The lowest BCUT2D eigenvalue weighted by Gasteiger charge is -2.31. The summed E-state index contributed by atoms with van der Waals surface area (Å²) in [5.74, 6) is 2.94. The van der Waals surface area contributed by atoms with Crippen LogP contribution in [0.4, 0.5) is 0 Å². The molecule has 27 heavy (non-hydrogen) atoms. The fourth-order valence-electron chi connectivity index (χ4n) is 2.98. The van der Waals surface area contributed by atoms with Crippen molar-refractivity contribution in [2.24, 2.45) is 10.9 Å². The Hall–Kier alpha value is -1.32. The summed E-state index contributed by atoms with van der Waals surface area (Å²) in [7, 11) is 1.71. The van der Waals surface area contributed by atoms with E-state index >= 15 is 0 Å². The Morgan fingerprint density at radius 1 is 1.41 bits per heavy atom. The van der Waals surface area contributed by atoms with E-state index in [1.807, 2.05) is 4.90 Å². The van der Waals surface area contributed by atoms with Crippen LogP contribution in [-0.4, -0.2) is 48.4 Å². The number of hydrogen-bond donors (Lipinski definition) is 2. The predicted molar refractivity (Wildman–Crippen MR) is 118 cm³/mol. The number of nitrogens with one attached hydrogen (secondary N) is 2. The number of piperidine rings is 1. The smallest absolute Gasteiger partial charge is 0.224 e. The maximum Gasteiger partial charge on any atom is 0.224 e. The van der Waals surface area contributed by atoms with Crippen molar-refractivity contribution in [1.29, 1.82) is 0 Å². The van der Waals surface area contributed by atoms with Gasteiger partial charge in [0, 0.05) is 38.5 Å². The molecule has 7 nitrogen and oxygen atoms in total. The number of aromatic nitrogens is 1. The summed E-state index contributed by atoms with van der Waals surface area (Å²) in [5, 5.41) is 6.35. The molecule has 1 aliphatic rings. The first-order valence-electron chi connectivity index (χ1n) is 9.47. The minimum atomic E-state index is -0.0580. The number of oxazole rings is 1. The van der Waals surface area contributed by atoms with Crippen molar-refractivity contribution in [1.82, 2.24) is 20.5 Å². The monoisotopic (exact) mass is 491 g/mol. The van der Waals surface area contributed by atoms with Gasteiger partial charge in [0.1, 0.15) is 5.76 Å². The molecule has 0 aliphatic carbocycles. The Morgan fingerprint density at radius 3 is 2.74 bits per heavy atom. The molecule has 1 saturated heterocycles. The SMILES string of the molecule is CN=C(NCCC(=O)N1CCCC(C)C1)NCc1ncc(C(C)(C)C)o1.I. The van der Waals surface area contributed by atoms with Gasteiger partial charge in [-0.3, -0.25) is 9.79 Å². The molecule has 1 aromatic rings. The first kappa shape index (κ1) is 23.7. The van der Waals surface area contributed by atoms with Crippen molar-refractivity contribution in [3.63, 3.8) is 0 Å².